The first-order valence-corrected chi connectivity index (χ1v) is 10.0. The molecule has 5 rings (SSSR count). The van der Waals surface area contributed by atoms with Gasteiger partial charge in [-0.2, -0.15) is 0 Å². The number of aromatic nitrogens is 3. The number of thioether (sulfide) groups is 1. The highest BCUT2D eigenvalue weighted by Gasteiger charge is 2.23. The number of nitrogens with one attached hydrogen (secondary N) is 2. The molecule has 5 nitrogen and oxygen atoms in total. The molecule has 0 spiro atoms. The Morgan fingerprint density at radius 2 is 1.86 bits per heavy atom. The highest BCUT2D eigenvalue weighted by molar-refractivity contribution is 7.98. The van der Waals surface area contributed by atoms with Gasteiger partial charge in [-0.1, -0.05) is 36.0 Å². The summed E-state index contributed by atoms with van der Waals surface area (Å²) in [6, 6.07) is 18.2. The number of benzene rings is 2. The Labute approximate surface area is 184 Å². The lowest BCUT2D eigenvalue weighted by atomic mass is 10.2. The van der Waals surface area contributed by atoms with Crippen molar-refractivity contribution in [1.82, 2.24) is 20.3 Å². The van der Waals surface area contributed by atoms with E-state index in [1.165, 1.54) is 0 Å². The molecule has 1 saturated carbocycles. The van der Waals surface area contributed by atoms with E-state index in [1.807, 2.05) is 36.4 Å². The van der Waals surface area contributed by atoms with Crippen LogP contribution in [0, 0.1) is 0 Å². The first kappa shape index (κ1) is 21.4. The van der Waals surface area contributed by atoms with E-state index in [-0.39, 0.29) is 30.7 Å². The minimum atomic E-state index is -0.0106. The number of aromatic amines is 1. The number of carbonyl (C=O) groups excluding carboxylic acids is 1. The summed E-state index contributed by atoms with van der Waals surface area (Å²) >= 11 is 1.61. The van der Waals surface area contributed by atoms with Crippen molar-refractivity contribution >= 4 is 64.4 Å². The minimum absolute atomic E-state index is 0. The zero-order valence-electron chi connectivity index (χ0n) is 15.4. The Morgan fingerprint density at radius 1 is 1.03 bits per heavy atom. The molecule has 29 heavy (non-hydrogen) atoms. The topological polar surface area (TPSA) is 70.7 Å². The van der Waals surface area contributed by atoms with Gasteiger partial charge < -0.3 is 10.3 Å². The lowest BCUT2D eigenvalue weighted by Crippen LogP contribution is -2.25. The van der Waals surface area contributed by atoms with Gasteiger partial charge in [0.05, 0.1) is 22.2 Å². The van der Waals surface area contributed by atoms with E-state index in [4.69, 9.17) is 4.98 Å². The fraction of sp³-hybridized carbons (Fsp3) is 0.190. The van der Waals surface area contributed by atoms with Crippen LogP contribution in [0.25, 0.3) is 21.9 Å². The van der Waals surface area contributed by atoms with Gasteiger partial charge in [0.1, 0.15) is 0 Å². The summed E-state index contributed by atoms with van der Waals surface area (Å²) in [7, 11) is 0. The lowest BCUT2D eigenvalue weighted by molar-refractivity contribution is 0.0951. The molecule has 0 saturated heterocycles. The van der Waals surface area contributed by atoms with Gasteiger partial charge in [-0.25, -0.2) is 4.98 Å². The molecule has 0 bridgehead atoms. The quantitative estimate of drug-likeness (QED) is 0.416. The first-order chi connectivity index (χ1) is 13.2. The number of carbonyl (C=O) groups is 1. The van der Waals surface area contributed by atoms with E-state index in [2.05, 4.69) is 33.5 Å². The zero-order chi connectivity index (χ0) is 18.2. The molecule has 150 valence electrons. The number of halogens is 2. The fourth-order valence-electron chi connectivity index (χ4n) is 3.02. The molecule has 8 heteroatoms. The summed E-state index contributed by atoms with van der Waals surface area (Å²) in [6.45, 7) is 0. The van der Waals surface area contributed by atoms with Gasteiger partial charge in [-0.15, -0.1) is 24.8 Å². The number of fused-ring (bicyclic) bond motifs is 2. The molecular weight excluding hydrogens is 427 g/mol. The molecule has 1 fully saturated rings. The summed E-state index contributed by atoms with van der Waals surface area (Å²) in [4.78, 5) is 24.8. The molecule has 1 aliphatic carbocycles. The molecule has 0 aliphatic heterocycles. The Hall–Kier alpha value is -2.28. The molecule has 0 radical (unpaired) electrons. The number of hydrogen-bond donors (Lipinski definition) is 2. The number of hydrogen-bond acceptors (Lipinski definition) is 4. The molecule has 1 amide bonds. The largest absolute Gasteiger partial charge is 0.349 e. The van der Waals surface area contributed by atoms with Crippen LogP contribution in [0.4, 0.5) is 0 Å². The molecule has 4 aromatic rings. The second kappa shape index (κ2) is 9.03. The fourth-order valence-corrected chi connectivity index (χ4v) is 3.81. The molecule has 2 heterocycles. The number of nitrogens with zero attached hydrogens (tertiary/aromatic N) is 2. The minimum Gasteiger partial charge on any atom is -0.349 e. The van der Waals surface area contributed by atoms with E-state index in [9.17, 15) is 4.79 Å². The van der Waals surface area contributed by atoms with Crippen LogP contribution in [0.3, 0.4) is 0 Å². The third-order valence-electron chi connectivity index (χ3n) is 4.65. The van der Waals surface area contributed by atoms with Gasteiger partial charge in [0, 0.05) is 22.7 Å². The van der Waals surface area contributed by atoms with Crippen molar-refractivity contribution in [3.05, 3.63) is 65.9 Å². The Bertz CT molecular complexity index is 1160. The molecule has 2 aromatic heterocycles. The molecule has 0 atom stereocenters. The van der Waals surface area contributed by atoms with Gasteiger partial charge >= 0.3 is 0 Å². The number of amides is 1. The maximum atomic E-state index is 12.2. The second-order valence-electron chi connectivity index (χ2n) is 6.81. The second-order valence-corrected chi connectivity index (χ2v) is 7.77. The van der Waals surface area contributed by atoms with E-state index in [0.717, 1.165) is 51.4 Å². The van der Waals surface area contributed by atoms with Crippen molar-refractivity contribution in [1.29, 1.82) is 0 Å². The van der Waals surface area contributed by atoms with Crippen LogP contribution < -0.4 is 5.32 Å². The van der Waals surface area contributed by atoms with Crippen molar-refractivity contribution in [3.8, 4) is 0 Å². The predicted molar refractivity (Wildman–Crippen MR) is 122 cm³/mol. The van der Waals surface area contributed by atoms with Crippen LogP contribution in [0.5, 0.6) is 0 Å². The van der Waals surface area contributed by atoms with Gasteiger partial charge in [-0.05, 0) is 43.2 Å². The average molecular weight is 447 g/mol. The van der Waals surface area contributed by atoms with E-state index < -0.39 is 0 Å². The summed E-state index contributed by atoms with van der Waals surface area (Å²) in [6.07, 6.45) is 2.17. The molecule has 1 aliphatic rings. The smallest absolute Gasteiger partial charge is 0.251 e. The number of H-pyrrole nitrogens is 1. The third kappa shape index (κ3) is 4.83. The summed E-state index contributed by atoms with van der Waals surface area (Å²) in [5, 5.41) is 4.99. The molecule has 2 N–H and O–H groups in total. The predicted octanol–water partition coefficient (Wildman–Crippen LogP) is 5.14. The highest BCUT2D eigenvalue weighted by Crippen LogP contribution is 2.25. The number of pyridine rings is 1. The summed E-state index contributed by atoms with van der Waals surface area (Å²) in [5.74, 6) is 0.725. The summed E-state index contributed by atoms with van der Waals surface area (Å²) in [5.41, 5.74) is 4.44. The Balaban J connectivity index is 0.00000120. The van der Waals surface area contributed by atoms with Crippen molar-refractivity contribution in [2.24, 2.45) is 0 Å². The average Bonchev–Trinajstić information content (AvgIpc) is 3.41. The van der Waals surface area contributed by atoms with Crippen molar-refractivity contribution < 1.29 is 4.79 Å². The number of rotatable bonds is 5. The Morgan fingerprint density at radius 3 is 2.69 bits per heavy atom. The molecule has 0 unspecified atom stereocenters. The molecule has 2 aromatic carbocycles. The van der Waals surface area contributed by atoms with Gasteiger partial charge in [0.2, 0.25) is 0 Å². The van der Waals surface area contributed by atoms with E-state index >= 15 is 0 Å². The van der Waals surface area contributed by atoms with Crippen LogP contribution in [-0.2, 0) is 5.75 Å². The van der Waals surface area contributed by atoms with Crippen LogP contribution in [0.2, 0.25) is 0 Å². The maximum Gasteiger partial charge on any atom is 0.251 e. The number of imidazole rings is 1. The van der Waals surface area contributed by atoms with Crippen LogP contribution in [0.15, 0.2) is 59.8 Å². The van der Waals surface area contributed by atoms with Gasteiger partial charge in [-0.3, -0.25) is 9.78 Å². The molecular formula is C21H20Cl2N4OS. The van der Waals surface area contributed by atoms with Crippen molar-refractivity contribution in [2.75, 3.05) is 0 Å². The Kier molecular flexibility index (Phi) is 6.67. The van der Waals surface area contributed by atoms with Crippen LogP contribution in [-0.4, -0.2) is 26.9 Å². The standard InChI is InChI=1S/C21H18N4OS.2ClH/c26-20(23-15-8-9-15)14-6-10-18-19(11-14)25-21(24-18)27-12-16-7-5-13-3-1-2-4-17(13)22-16;;/h1-7,10-11,15H,8-9,12H2,(H,23,26)(H,24,25);2*1H. The van der Waals surface area contributed by atoms with E-state index in [1.54, 1.807) is 11.8 Å². The monoisotopic (exact) mass is 446 g/mol. The maximum absolute atomic E-state index is 12.2. The normalized spacial score (nSPS) is 13.0. The van der Waals surface area contributed by atoms with E-state index in [0.29, 0.717) is 11.6 Å². The van der Waals surface area contributed by atoms with Gasteiger partial charge in [0.15, 0.2) is 5.16 Å². The van der Waals surface area contributed by atoms with Crippen molar-refractivity contribution in [3.63, 3.8) is 0 Å². The highest BCUT2D eigenvalue weighted by atomic mass is 35.5. The van der Waals surface area contributed by atoms with Gasteiger partial charge in [0.25, 0.3) is 5.91 Å². The third-order valence-corrected chi connectivity index (χ3v) is 5.55. The van der Waals surface area contributed by atoms with Crippen LogP contribution in [0.1, 0.15) is 28.9 Å². The number of para-hydroxylation sites is 1. The van der Waals surface area contributed by atoms with Crippen molar-refractivity contribution in [2.45, 2.75) is 29.8 Å². The van der Waals surface area contributed by atoms with Crippen LogP contribution >= 0.6 is 36.6 Å². The zero-order valence-corrected chi connectivity index (χ0v) is 17.9. The summed E-state index contributed by atoms with van der Waals surface area (Å²) < 4.78 is 0. The SMILES string of the molecule is Cl.Cl.O=C(NC1CC1)c1ccc2nc(SCc3ccc4ccccc4n3)[nH]c2c1. The lowest BCUT2D eigenvalue weighted by Gasteiger charge is -2.02. The first-order valence-electron chi connectivity index (χ1n) is 9.03.